The molecule has 1 aromatic heterocycles. The molecule has 0 aliphatic carbocycles. The van der Waals surface area contributed by atoms with Gasteiger partial charge in [0.1, 0.15) is 0 Å². The molecule has 18 heavy (non-hydrogen) atoms. The molecule has 0 saturated heterocycles. The molecular weight excluding hydrogens is 289 g/mol. The molecule has 96 valence electrons. The predicted octanol–water partition coefficient (Wildman–Crippen LogP) is 3.93. The van der Waals surface area contributed by atoms with Gasteiger partial charge in [-0.1, -0.05) is 36.2 Å². The smallest absolute Gasteiger partial charge is 0.0957 e. The molecule has 3 nitrogen and oxygen atoms in total. The van der Waals surface area contributed by atoms with Gasteiger partial charge in [-0.15, -0.1) is 0 Å². The third-order valence-corrected chi connectivity index (χ3v) is 3.78. The molecule has 1 unspecified atom stereocenters. The Balaban J connectivity index is 2.30. The summed E-state index contributed by atoms with van der Waals surface area (Å²) in [6.45, 7) is 3.03. The van der Waals surface area contributed by atoms with Crippen molar-refractivity contribution in [2.45, 2.75) is 19.4 Å². The summed E-state index contributed by atoms with van der Waals surface area (Å²) in [5, 5.41) is 4.55. The van der Waals surface area contributed by atoms with Crippen LogP contribution in [-0.4, -0.2) is 15.3 Å². The van der Waals surface area contributed by atoms with E-state index < -0.39 is 0 Å². The summed E-state index contributed by atoms with van der Waals surface area (Å²) in [5.74, 6) is 0. The lowest BCUT2D eigenvalue weighted by Gasteiger charge is -2.17. The highest BCUT2D eigenvalue weighted by atomic mass is 35.5. The van der Waals surface area contributed by atoms with Crippen LogP contribution in [0.3, 0.4) is 0 Å². The van der Waals surface area contributed by atoms with Gasteiger partial charge < -0.3 is 5.32 Å². The van der Waals surface area contributed by atoms with Crippen LogP contribution < -0.4 is 5.32 Å². The summed E-state index contributed by atoms with van der Waals surface area (Å²) in [6.07, 6.45) is 2.83. The molecule has 0 radical (unpaired) electrons. The van der Waals surface area contributed by atoms with Crippen LogP contribution in [0.2, 0.25) is 10.0 Å². The zero-order chi connectivity index (χ0) is 13.0. The Morgan fingerprint density at radius 1 is 1.33 bits per heavy atom. The highest BCUT2D eigenvalue weighted by Crippen LogP contribution is 2.28. The van der Waals surface area contributed by atoms with E-state index in [9.17, 15) is 0 Å². The number of nitrogens with one attached hydrogen (secondary N) is 1. The largest absolute Gasteiger partial charge is 0.305 e. The fourth-order valence-electron chi connectivity index (χ4n) is 1.67. The predicted molar refractivity (Wildman–Crippen MR) is 76.5 cm³/mol. The Labute approximate surface area is 120 Å². The second-order valence-electron chi connectivity index (χ2n) is 3.89. The van der Waals surface area contributed by atoms with Crippen molar-refractivity contribution in [1.29, 1.82) is 0 Å². The Kier molecular flexibility index (Phi) is 4.95. The van der Waals surface area contributed by atoms with Gasteiger partial charge in [0.05, 0.1) is 39.7 Å². The first-order valence-corrected chi connectivity index (χ1v) is 7.16. The molecule has 0 bridgehead atoms. The molecule has 0 saturated carbocycles. The lowest BCUT2D eigenvalue weighted by molar-refractivity contribution is 0.590. The van der Waals surface area contributed by atoms with E-state index in [4.69, 9.17) is 23.2 Å². The molecule has 2 rings (SSSR count). The summed E-state index contributed by atoms with van der Waals surface area (Å²) in [4.78, 5) is 0. The Morgan fingerprint density at radius 3 is 2.78 bits per heavy atom. The minimum absolute atomic E-state index is 0.0125. The third-order valence-electron chi connectivity index (χ3n) is 2.55. The van der Waals surface area contributed by atoms with Crippen molar-refractivity contribution >= 4 is 34.9 Å². The van der Waals surface area contributed by atoms with Gasteiger partial charge >= 0.3 is 0 Å². The molecule has 0 aliphatic heterocycles. The van der Waals surface area contributed by atoms with Crippen molar-refractivity contribution < 1.29 is 0 Å². The highest BCUT2D eigenvalue weighted by Gasteiger charge is 2.16. The Morgan fingerprint density at radius 2 is 2.17 bits per heavy atom. The number of rotatable bonds is 5. The number of hydrogen-bond donors (Lipinski definition) is 1. The molecular formula is C12H13Cl2N3S. The molecule has 1 N–H and O–H groups in total. The van der Waals surface area contributed by atoms with Gasteiger partial charge in [-0.3, -0.25) is 0 Å². The quantitative estimate of drug-likeness (QED) is 0.909. The first kappa shape index (κ1) is 13.7. The van der Waals surface area contributed by atoms with E-state index in [1.165, 1.54) is 11.7 Å². The van der Waals surface area contributed by atoms with Gasteiger partial charge in [0.2, 0.25) is 0 Å². The molecule has 1 atom stereocenters. The molecule has 2 aromatic rings. The van der Waals surface area contributed by atoms with Crippen LogP contribution in [0.25, 0.3) is 0 Å². The minimum Gasteiger partial charge on any atom is -0.305 e. The van der Waals surface area contributed by atoms with E-state index in [1.54, 1.807) is 12.3 Å². The summed E-state index contributed by atoms with van der Waals surface area (Å²) < 4.78 is 8.34. The van der Waals surface area contributed by atoms with Gasteiger partial charge in [0.15, 0.2) is 0 Å². The first-order valence-electron chi connectivity index (χ1n) is 5.68. The molecule has 6 heteroatoms. The number of halogens is 2. The first-order chi connectivity index (χ1) is 8.72. The van der Waals surface area contributed by atoms with Crippen molar-refractivity contribution in [3.05, 3.63) is 45.7 Å². The van der Waals surface area contributed by atoms with Crippen molar-refractivity contribution in [1.82, 2.24) is 14.1 Å². The SMILES string of the molecule is CCCNC(c1ccc(Cl)c(Cl)c1)c1cnsn1. The fourth-order valence-corrected chi connectivity index (χ4v) is 2.43. The zero-order valence-electron chi connectivity index (χ0n) is 9.86. The lowest BCUT2D eigenvalue weighted by atomic mass is 10.0. The maximum Gasteiger partial charge on any atom is 0.0957 e. The van der Waals surface area contributed by atoms with Crippen LogP contribution in [0.1, 0.15) is 30.6 Å². The maximum absolute atomic E-state index is 6.06. The summed E-state index contributed by atoms with van der Waals surface area (Å²) in [6, 6.07) is 5.65. The zero-order valence-corrected chi connectivity index (χ0v) is 12.2. The van der Waals surface area contributed by atoms with Crippen LogP contribution in [-0.2, 0) is 0 Å². The molecule has 0 fully saturated rings. The normalized spacial score (nSPS) is 12.6. The average molecular weight is 302 g/mol. The minimum atomic E-state index is 0.0125. The van der Waals surface area contributed by atoms with Crippen LogP contribution in [0.4, 0.5) is 0 Å². The van der Waals surface area contributed by atoms with E-state index in [0.717, 1.165) is 24.2 Å². The highest BCUT2D eigenvalue weighted by molar-refractivity contribution is 6.99. The molecule has 0 spiro atoms. The summed E-state index contributed by atoms with van der Waals surface area (Å²) >= 11 is 13.2. The van der Waals surface area contributed by atoms with Crippen molar-refractivity contribution in [3.63, 3.8) is 0 Å². The van der Waals surface area contributed by atoms with Crippen molar-refractivity contribution in [3.8, 4) is 0 Å². The van der Waals surface area contributed by atoms with Crippen LogP contribution >= 0.6 is 34.9 Å². The number of hydrogen-bond acceptors (Lipinski definition) is 4. The average Bonchev–Trinajstić information content (AvgIpc) is 2.88. The molecule has 0 amide bonds. The van der Waals surface area contributed by atoms with Gasteiger partial charge in [0.25, 0.3) is 0 Å². The number of benzene rings is 1. The van der Waals surface area contributed by atoms with E-state index in [-0.39, 0.29) is 6.04 Å². The molecule has 1 heterocycles. The van der Waals surface area contributed by atoms with E-state index in [0.29, 0.717) is 10.0 Å². The Bertz CT molecular complexity index is 502. The monoisotopic (exact) mass is 301 g/mol. The van der Waals surface area contributed by atoms with Crippen molar-refractivity contribution in [2.24, 2.45) is 0 Å². The van der Waals surface area contributed by atoms with Crippen LogP contribution in [0, 0.1) is 0 Å². The van der Waals surface area contributed by atoms with Crippen LogP contribution in [0.5, 0.6) is 0 Å². The standard InChI is InChI=1S/C12H13Cl2N3S/c1-2-5-15-12(11-7-16-18-17-11)8-3-4-9(13)10(14)6-8/h3-4,6-7,12,15H,2,5H2,1H3. The summed E-state index contributed by atoms with van der Waals surface area (Å²) in [5.41, 5.74) is 1.96. The number of aromatic nitrogens is 2. The van der Waals surface area contributed by atoms with E-state index in [1.807, 2.05) is 12.1 Å². The maximum atomic E-state index is 6.06. The topological polar surface area (TPSA) is 37.8 Å². The van der Waals surface area contributed by atoms with Crippen LogP contribution in [0.15, 0.2) is 24.4 Å². The Hall–Kier alpha value is -0.680. The molecule has 0 aliphatic rings. The van der Waals surface area contributed by atoms with Crippen molar-refractivity contribution in [2.75, 3.05) is 6.54 Å². The lowest BCUT2D eigenvalue weighted by Crippen LogP contribution is -2.23. The van der Waals surface area contributed by atoms with E-state index in [2.05, 4.69) is 21.0 Å². The third kappa shape index (κ3) is 3.20. The van der Waals surface area contributed by atoms with Gasteiger partial charge in [-0.2, -0.15) is 8.75 Å². The van der Waals surface area contributed by atoms with Gasteiger partial charge in [0, 0.05) is 0 Å². The summed E-state index contributed by atoms with van der Waals surface area (Å²) in [7, 11) is 0. The second-order valence-corrected chi connectivity index (χ2v) is 5.26. The number of nitrogens with zero attached hydrogens (tertiary/aromatic N) is 2. The van der Waals surface area contributed by atoms with Gasteiger partial charge in [-0.25, -0.2) is 0 Å². The molecule has 1 aromatic carbocycles. The second kappa shape index (κ2) is 6.48. The fraction of sp³-hybridized carbons (Fsp3) is 0.333. The van der Waals surface area contributed by atoms with E-state index >= 15 is 0 Å². The van der Waals surface area contributed by atoms with Gasteiger partial charge in [-0.05, 0) is 30.7 Å².